The number of likely N-dealkylation sites (N-methyl/N-ethyl adjacent to an activating group) is 2. The topological polar surface area (TPSA) is 382 Å². The van der Waals surface area contributed by atoms with E-state index in [4.69, 9.17) is 28.8 Å². The van der Waals surface area contributed by atoms with Gasteiger partial charge < -0.3 is 112 Å². The maximum Gasteiger partial charge on any atom is 0.280 e. The summed E-state index contributed by atoms with van der Waals surface area (Å²) in [7, 11) is 32.5. The normalized spacial score (nSPS) is 21.3. The van der Waals surface area contributed by atoms with Gasteiger partial charge in [0.25, 0.3) is 17.7 Å². The van der Waals surface area contributed by atoms with Crippen LogP contribution in [0.1, 0.15) is 172 Å². The molecule has 2 atom stereocenters. The number of nitrogen functional groups attached to an aromatic ring is 2. The average Bonchev–Trinajstić information content (AvgIpc) is 0.841. The fraction of sp³-hybridized carbons (Fsp3) is 0.831. The van der Waals surface area contributed by atoms with Crippen LogP contribution >= 0.6 is 11.6 Å². The number of guanidine groups is 1. The molecule has 1 aromatic heterocycles. The van der Waals surface area contributed by atoms with E-state index >= 15 is 0 Å². The van der Waals surface area contributed by atoms with Crippen LogP contribution in [0.5, 0.6) is 0 Å². The van der Waals surface area contributed by atoms with E-state index in [1.54, 1.807) is 24.3 Å². The zero-order valence-electron chi connectivity index (χ0n) is 74.0. The highest BCUT2D eigenvalue weighted by Gasteiger charge is 2.29. The lowest BCUT2D eigenvalue weighted by molar-refractivity contribution is 0.0941. The zero-order valence-corrected chi connectivity index (χ0v) is 74.8. The van der Waals surface area contributed by atoms with Crippen LogP contribution in [0.4, 0.5) is 11.6 Å². The first-order valence-corrected chi connectivity index (χ1v) is 43.7. The molecule has 1 aromatic carbocycles. The molecule has 3 amide bonds. The van der Waals surface area contributed by atoms with Crippen LogP contribution in [-0.2, 0) is 0 Å². The number of piperidine rings is 2. The Labute approximate surface area is 692 Å². The summed E-state index contributed by atoms with van der Waals surface area (Å²) in [5.74, 6) is 5.53. The number of nitrogens with one attached hydrogen (secondary N) is 17. The number of carbonyl (C=O) groups is 3. The molecular weight excluding hydrogens is 1440 g/mol. The lowest BCUT2D eigenvalue weighted by Crippen LogP contribution is -2.40. The van der Waals surface area contributed by atoms with E-state index in [-0.39, 0.29) is 40.3 Å². The molecule has 0 bridgehead atoms. The minimum Gasteiger partial charge on any atom is -0.382 e. The van der Waals surface area contributed by atoms with Crippen LogP contribution in [0.15, 0.2) is 29.3 Å². The number of anilines is 2. The number of likely N-dealkylation sites (tertiary alicyclic amines) is 2. The number of aliphatic imine (C=N–C) groups is 1. The number of nitrogens with two attached hydrogens (primary N) is 3. The van der Waals surface area contributed by atoms with Crippen molar-refractivity contribution in [3.8, 4) is 0 Å². The molecule has 4 aliphatic carbocycles. The lowest BCUT2D eigenvalue weighted by Gasteiger charge is -2.36. The molecule has 29 nitrogen and oxygen atoms in total. The number of benzene rings is 1. The van der Waals surface area contributed by atoms with E-state index in [1.165, 1.54) is 188 Å². The summed E-state index contributed by atoms with van der Waals surface area (Å²) in [5, 5.41) is 53.1. The molecule has 658 valence electrons. The largest absolute Gasteiger partial charge is 0.382 e. The zero-order chi connectivity index (χ0) is 83.7. The van der Waals surface area contributed by atoms with Gasteiger partial charge in [-0.15, -0.1) is 0 Å². The van der Waals surface area contributed by atoms with Crippen molar-refractivity contribution < 1.29 is 14.4 Å². The van der Waals surface area contributed by atoms with Gasteiger partial charge in [0.1, 0.15) is 0 Å². The predicted molar refractivity (Wildman–Crippen MR) is 480 cm³/mol. The SMILES string of the molecule is CNC1CCC(NC)CC1.CNC1CCN(C)CC1.CNCC1CCC(CNC)CC1.CNCC1CCC(CNC)CC1.CNCC1CCN(C)CC1.CNCCCCNC(=O)c1ccc(C(=O)NCCCCNC)cc1.CNCCN(CCN=C(N)NC(=O)c1nc(Cl)c(N)nc1N)CCNC.CNC[C@H]1CC[C@@H]1CNC. The third-order valence-electron chi connectivity index (χ3n) is 22.5. The van der Waals surface area contributed by atoms with Gasteiger partial charge in [-0.25, -0.2) is 9.97 Å². The van der Waals surface area contributed by atoms with Crippen LogP contribution in [-0.4, -0.2) is 317 Å². The Morgan fingerprint density at radius 2 is 0.735 bits per heavy atom. The van der Waals surface area contributed by atoms with Crippen LogP contribution in [0.2, 0.25) is 5.15 Å². The minimum atomic E-state index is -0.652. The molecule has 30 heteroatoms. The van der Waals surface area contributed by atoms with Gasteiger partial charge in [-0.2, -0.15) is 0 Å². The maximum absolute atomic E-state index is 12.1. The smallest absolute Gasteiger partial charge is 0.280 e. The number of unbranched alkanes of at least 4 members (excludes halogenated alkanes) is 2. The van der Waals surface area contributed by atoms with E-state index < -0.39 is 5.91 Å². The Bertz CT molecular complexity index is 2460. The lowest BCUT2D eigenvalue weighted by atomic mass is 9.73. The third-order valence-corrected chi connectivity index (χ3v) is 22.8. The van der Waals surface area contributed by atoms with Crippen molar-refractivity contribution in [1.29, 1.82) is 0 Å². The number of amides is 3. The van der Waals surface area contributed by atoms with Crippen LogP contribution in [0.25, 0.3) is 0 Å². The number of halogens is 1. The van der Waals surface area contributed by atoms with E-state index in [1.807, 2.05) is 49.3 Å². The minimum absolute atomic E-state index is 0.0358. The summed E-state index contributed by atoms with van der Waals surface area (Å²) >= 11 is 5.76. The molecule has 4 saturated carbocycles. The second-order valence-electron chi connectivity index (χ2n) is 31.6. The quantitative estimate of drug-likeness (QED) is 0.0258. The van der Waals surface area contributed by atoms with Gasteiger partial charge in [-0.3, -0.25) is 29.6 Å². The van der Waals surface area contributed by atoms with Gasteiger partial charge in [0, 0.05) is 75.1 Å². The van der Waals surface area contributed by atoms with Gasteiger partial charge in [0.05, 0.1) is 6.54 Å². The summed E-state index contributed by atoms with van der Waals surface area (Å²) < 4.78 is 0. The maximum atomic E-state index is 12.1. The average molecular weight is 1620 g/mol. The van der Waals surface area contributed by atoms with Crippen LogP contribution in [0.3, 0.4) is 0 Å². The Morgan fingerprint density at radius 1 is 0.407 bits per heavy atom. The van der Waals surface area contributed by atoms with Gasteiger partial charge in [0.2, 0.25) is 0 Å². The predicted octanol–water partition coefficient (Wildman–Crippen LogP) is 3.72. The molecule has 6 aliphatic rings. The summed E-state index contributed by atoms with van der Waals surface area (Å²) in [5.41, 5.74) is 17.8. The molecule has 2 aliphatic heterocycles. The fourth-order valence-corrected chi connectivity index (χ4v) is 15.0. The number of carbonyl (C=O) groups excluding carboxylic acids is 3. The molecule has 113 heavy (non-hydrogen) atoms. The molecule has 2 saturated heterocycles. The van der Waals surface area contributed by atoms with E-state index in [9.17, 15) is 14.4 Å². The van der Waals surface area contributed by atoms with Gasteiger partial charge in [-0.05, 0) is 405 Å². The first-order valence-electron chi connectivity index (χ1n) is 43.3. The number of hydrogen-bond donors (Lipinski definition) is 20. The summed E-state index contributed by atoms with van der Waals surface area (Å²) in [6, 6.07) is 9.12. The van der Waals surface area contributed by atoms with E-state index in [0.29, 0.717) is 37.3 Å². The molecule has 2 aromatic rings. The highest BCUT2D eigenvalue weighted by Crippen LogP contribution is 2.33. The molecular formula is C83H171ClN26O3. The molecule has 0 spiro atoms. The monoisotopic (exact) mass is 1620 g/mol. The van der Waals surface area contributed by atoms with Crippen LogP contribution < -0.4 is 108 Å². The molecule has 23 N–H and O–H groups in total. The third kappa shape index (κ3) is 52.0. The van der Waals surface area contributed by atoms with Crippen molar-refractivity contribution in [2.45, 2.75) is 159 Å². The van der Waals surface area contributed by atoms with E-state index in [2.05, 4.69) is 183 Å². The molecule has 0 unspecified atom stereocenters. The van der Waals surface area contributed by atoms with Crippen LogP contribution in [0, 0.1) is 41.4 Å². The molecule has 8 rings (SSSR count). The number of hydrogen-bond acceptors (Lipinski definition) is 25. The van der Waals surface area contributed by atoms with Gasteiger partial charge in [0.15, 0.2) is 28.4 Å². The standard InChI is InChI=1S/C18H30N4O2.C14H27ClN10O.2C10H22N2.3C8H18N2.C7H16N2/c1-19-11-3-5-13-21-17(23)15-7-9-16(10-8-15)18(24)22-14-6-4-12-20-2;1-19-3-6-25(7-4-20-2)8-5-21-14(18)24-13(26)9-11(16)23-12(17)10(15)22-9;2*1-11-7-9-3-5-10(6-4-9)8-12-2;1-9-7-8-3-5-10(2)6-4-8;1-9-7-3-5-8(10-2)6-4-7;1-9-5-7-3-4-8(7)6-10-2;1-8-7-3-5-9(2)6-4-7/h7-10,19-20H,3-6,11-14H2,1-2H3,(H,21,23)(H,22,24);19-20H,3-8H2,1-2H3,(H4,16,17,23)(H3,18,21,24,26);2*9-12H,3-8H2,1-2H3;8-9H,3-7H2,1-2H3;2*7-10H,3-6H2,1-2H3;7-8H,3-6H2,1-2H3/t;;;;;;7-,8-;/m......1./s1. The van der Waals surface area contributed by atoms with E-state index in [0.717, 1.165) is 125 Å². The second kappa shape index (κ2) is 70.4. The number of nitrogens with zero attached hydrogens (tertiary/aromatic N) is 6. The van der Waals surface area contributed by atoms with Gasteiger partial charge >= 0.3 is 0 Å². The Balaban J connectivity index is 0.000000669. The van der Waals surface area contributed by atoms with Crippen molar-refractivity contribution in [1.82, 2.24) is 115 Å². The first kappa shape index (κ1) is 106. The highest BCUT2D eigenvalue weighted by atomic mass is 35.5. The molecule has 6 fully saturated rings. The van der Waals surface area contributed by atoms with Crippen molar-refractivity contribution in [3.63, 3.8) is 0 Å². The second-order valence-corrected chi connectivity index (χ2v) is 32.0. The first-order chi connectivity index (χ1) is 54.7. The Morgan fingerprint density at radius 3 is 1.06 bits per heavy atom. The van der Waals surface area contributed by atoms with Gasteiger partial charge in [-0.1, -0.05) is 11.6 Å². The summed E-state index contributed by atoms with van der Waals surface area (Å²) in [6.07, 6.45) is 28.9. The number of aromatic nitrogens is 2. The van der Waals surface area contributed by atoms with Crippen molar-refractivity contribution in [3.05, 3.63) is 46.2 Å². The number of rotatable bonds is 39. The van der Waals surface area contributed by atoms with Crippen molar-refractivity contribution in [2.24, 2.45) is 52.2 Å². The highest BCUT2D eigenvalue weighted by molar-refractivity contribution is 6.31. The van der Waals surface area contributed by atoms with Crippen molar-refractivity contribution >= 4 is 46.9 Å². The van der Waals surface area contributed by atoms with Crippen molar-refractivity contribution in [2.75, 3.05) is 262 Å². The summed E-state index contributed by atoms with van der Waals surface area (Å²) in [6.45, 7) is 21.4. The molecule has 3 heterocycles. The fourth-order valence-electron chi connectivity index (χ4n) is 14.9. The Hall–Kier alpha value is -4.61. The summed E-state index contributed by atoms with van der Waals surface area (Å²) in [4.78, 5) is 54.9. The Kier molecular flexibility index (Phi) is 66.3. The molecule has 0 radical (unpaired) electrons.